The lowest BCUT2D eigenvalue weighted by Gasteiger charge is -2.27. The van der Waals surface area contributed by atoms with Crippen LogP contribution < -0.4 is 11.1 Å². The van der Waals surface area contributed by atoms with E-state index in [1.807, 2.05) is 32.0 Å². The molecular weight excluding hydrogens is 355 g/mol. The molecule has 0 bridgehead atoms. The fourth-order valence-electron chi connectivity index (χ4n) is 2.19. The van der Waals surface area contributed by atoms with Crippen molar-refractivity contribution in [2.45, 2.75) is 26.7 Å². The van der Waals surface area contributed by atoms with Crippen molar-refractivity contribution in [3.63, 3.8) is 0 Å². The van der Waals surface area contributed by atoms with Crippen molar-refractivity contribution in [3.05, 3.63) is 29.3 Å². The van der Waals surface area contributed by atoms with Gasteiger partial charge >= 0.3 is 0 Å². The van der Waals surface area contributed by atoms with E-state index < -0.39 is 5.41 Å². The van der Waals surface area contributed by atoms with Gasteiger partial charge in [0.25, 0.3) is 0 Å². The molecule has 0 fully saturated rings. The van der Waals surface area contributed by atoms with E-state index in [2.05, 4.69) is 15.5 Å². The minimum Gasteiger partial charge on any atom is -0.329 e. The zero-order chi connectivity index (χ0) is 16.2. The zero-order valence-electron chi connectivity index (χ0n) is 13.0. The maximum Gasteiger partial charge on any atom is 0.233 e. The Balaban J connectivity index is 0.00000264. The molecule has 0 aliphatic carbocycles. The molecule has 8 heteroatoms. The van der Waals surface area contributed by atoms with Crippen LogP contribution in [-0.4, -0.2) is 22.6 Å². The molecule has 3 N–H and O–H groups in total. The van der Waals surface area contributed by atoms with Gasteiger partial charge in [0.2, 0.25) is 11.0 Å². The van der Waals surface area contributed by atoms with Gasteiger partial charge in [-0.25, -0.2) is 0 Å². The van der Waals surface area contributed by atoms with Crippen molar-refractivity contribution in [1.29, 1.82) is 0 Å². The quantitative estimate of drug-likeness (QED) is 0.800. The molecule has 1 heterocycles. The van der Waals surface area contributed by atoms with Crippen molar-refractivity contribution >= 4 is 46.4 Å². The van der Waals surface area contributed by atoms with Crippen molar-refractivity contribution < 1.29 is 4.79 Å². The molecule has 2 rings (SSSR count). The molecule has 0 saturated carbocycles. The van der Waals surface area contributed by atoms with Crippen LogP contribution in [0.1, 0.15) is 26.7 Å². The number of carbonyl (C=O) groups is 1. The molecule has 23 heavy (non-hydrogen) atoms. The maximum atomic E-state index is 12.5. The molecule has 1 aromatic heterocycles. The fraction of sp³-hybridized carbons (Fsp3) is 0.400. The van der Waals surface area contributed by atoms with Gasteiger partial charge in [0.15, 0.2) is 0 Å². The van der Waals surface area contributed by atoms with Gasteiger partial charge in [0, 0.05) is 17.1 Å². The van der Waals surface area contributed by atoms with E-state index in [0.29, 0.717) is 34.5 Å². The van der Waals surface area contributed by atoms with E-state index in [-0.39, 0.29) is 18.3 Å². The standard InChI is InChI=1S/C15H19ClN4OS.ClH/c1-3-15(4-2,9-17)13(21)18-14-20-19-12(22-14)10-6-5-7-11(16)8-10;/h5-8H,3-4,9,17H2,1-2H3,(H,18,20,21);1H. The number of rotatable bonds is 6. The highest BCUT2D eigenvalue weighted by Gasteiger charge is 2.33. The number of benzene rings is 1. The molecule has 0 spiro atoms. The van der Waals surface area contributed by atoms with E-state index in [4.69, 9.17) is 17.3 Å². The highest BCUT2D eigenvalue weighted by molar-refractivity contribution is 7.18. The number of aromatic nitrogens is 2. The summed E-state index contributed by atoms with van der Waals surface area (Å²) in [4.78, 5) is 12.5. The Morgan fingerprint density at radius 2 is 2.04 bits per heavy atom. The number of nitrogens with one attached hydrogen (secondary N) is 1. The smallest absolute Gasteiger partial charge is 0.233 e. The Morgan fingerprint density at radius 1 is 1.35 bits per heavy atom. The van der Waals surface area contributed by atoms with Crippen LogP contribution in [0.4, 0.5) is 5.13 Å². The third-order valence-corrected chi connectivity index (χ3v) is 5.07. The molecule has 0 aliphatic rings. The minimum atomic E-state index is -0.554. The van der Waals surface area contributed by atoms with Gasteiger partial charge in [0.05, 0.1) is 5.41 Å². The Labute approximate surface area is 151 Å². The summed E-state index contributed by atoms with van der Waals surface area (Å²) in [7, 11) is 0. The second-order valence-corrected chi connectivity index (χ2v) is 6.48. The minimum absolute atomic E-state index is 0. The summed E-state index contributed by atoms with van der Waals surface area (Å²) in [6.45, 7) is 4.24. The van der Waals surface area contributed by atoms with Gasteiger partial charge in [-0.05, 0) is 25.0 Å². The van der Waals surface area contributed by atoms with Crippen LogP contribution in [0.25, 0.3) is 10.6 Å². The van der Waals surface area contributed by atoms with Crippen molar-refractivity contribution in [2.75, 3.05) is 11.9 Å². The van der Waals surface area contributed by atoms with Crippen LogP contribution in [0.2, 0.25) is 5.02 Å². The van der Waals surface area contributed by atoms with Crippen LogP contribution in [0.3, 0.4) is 0 Å². The predicted octanol–water partition coefficient (Wildman–Crippen LogP) is 3.98. The lowest BCUT2D eigenvalue weighted by Crippen LogP contribution is -2.41. The molecular formula is C15H20Cl2N4OS. The third kappa shape index (κ3) is 4.41. The Morgan fingerprint density at radius 3 is 2.61 bits per heavy atom. The van der Waals surface area contributed by atoms with E-state index in [9.17, 15) is 4.79 Å². The molecule has 126 valence electrons. The number of nitrogens with zero attached hydrogens (tertiary/aromatic N) is 2. The molecule has 1 aromatic carbocycles. The summed E-state index contributed by atoms with van der Waals surface area (Å²) in [6.07, 6.45) is 1.37. The summed E-state index contributed by atoms with van der Waals surface area (Å²) >= 11 is 7.29. The molecule has 5 nitrogen and oxygen atoms in total. The SMILES string of the molecule is CCC(CC)(CN)C(=O)Nc1nnc(-c2cccc(Cl)c2)s1.Cl. The predicted molar refractivity (Wildman–Crippen MR) is 98.3 cm³/mol. The van der Waals surface area contributed by atoms with Crippen LogP contribution in [0, 0.1) is 5.41 Å². The van der Waals surface area contributed by atoms with Crippen LogP contribution in [-0.2, 0) is 4.79 Å². The molecule has 1 amide bonds. The van der Waals surface area contributed by atoms with Crippen LogP contribution >= 0.6 is 35.3 Å². The lowest BCUT2D eigenvalue weighted by molar-refractivity contribution is -0.125. The topological polar surface area (TPSA) is 80.9 Å². The summed E-state index contributed by atoms with van der Waals surface area (Å²) in [5, 5.41) is 12.8. The van der Waals surface area contributed by atoms with Crippen molar-refractivity contribution in [1.82, 2.24) is 10.2 Å². The van der Waals surface area contributed by atoms with Crippen molar-refractivity contribution in [3.8, 4) is 10.6 Å². The molecule has 2 aromatic rings. The first-order valence-corrected chi connectivity index (χ1v) is 8.35. The summed E-state index contributed by atoms with van der Waals surface area (Å²) in [5.41, 5.74) is 6.11. The summed E-state index contributed by atoms with van der Waals surface area (Å²) in [5.74, 6) is -0.103. The highest BCUT2D eigenvalue weighted by Crippen LogP contribution is 2.31. The zero-order valence-corrected chi connectivity index (χ0v) is 15.4. The van der Waals surface area contributed by atoms with Crippen LogP contribution in [0.15, 0.2) is 24.3 Å². The maximum absolute atomic E-state index is 12.5. The Bertz CT molecular complexity index is 650. The first kappa shape index (κ1) is 19.8. The first-order chi connectivity index (χ1) is 10.5. The van der Waals surface area contributed by atoms with E-state index in [1.54, 1.807) is 6.07 Å². The third-order valence-electron chi connectivity index (χ3n) is 3.94. The Kier molecular flexibility index (Phi) is 7.41. The van der Waals surface area contributed by atoms with Gasteiger partial charge in [0.1, 0.15) is 5.01 Å². The number of amides is 1. The van der Waals surface area contributed by atoms with E-state index in [0.717, 1.165) is 5.56 Å². The largest absolute Gasteiger partial charge is 0.329 e. The average Bonchev–Trinajstić information content (AvgIpc) is 2.98. The number of halogens is 2. The second-order valence-electron chi connectivity index (χ2n) is 5.07. The van der Waals surface area contributed by atoms with Gasteiger partial charge < -0.3 is 5.73 Å². The monoisotopic (exact) mass is 374 g/mol. The van der Waals surface area contributed by atoms with Crippen molar-refractivity contribution in [2.24, 2.45) is 11.1 Å². The lowest BCUT2D eigenvalue weighted by atomic mass is 9.81. The molecule has 0 unspecified atom stereocenters. The molecule has 0 saturated heterocycles. The van der Waals surface area contributed by atoms with Crippen LogP contribution in [0.5, 0.6) is 0 Å². The number of nitrogens with two attached hydrogens (primary N) is 1. The number of anilines is 1. The van der Waals surface area contributed by atoms with Gasteiger partial charge in [-0.3, -0.25) is 10.1 Å². The Hall–Kier alpha value is -1.21. The molecule has 0 aliphatic heterocycles. The summed E-state index contributed by atoms with van der Waals surface area (Å²) < 4.78 is 0. The number of carbonyl (C=O) groups excluding carboxylic acids is 1. The van der Waals surface area contributed by atoms with Gasteiger partial charge in [-0.1, -0.05) is 48.9 Å². The number of hydrogen-bond donors (Lipinski definition) is 2. The van der Waals surface area contributed by atoms with E-state index >= 15 is 0 Å². The highest BCUT2D eigenvalue weighted by atomic mass is 35.5. The van der Waals surface area contributed by atoms with Gasteiger partial charge in [-0.15, -0.1) is 22.6 Å². The molecule has 0 atom stereocenters. The van der Waals surface area contributed by atoms with E-state index in [1.165, 1.54) is 11.3 Å². The second kappa shape index (κ2) is 8.59. The normalized spacial score (nSPS) is 11.0. The number of hydrogen-bond acceptors (Lipinski definition) is 5. The summed E-state index contributed by atoms with van der Waals surface area (Å²) in [6, 6.07) is 7.37. The molecule has 0 radical (unpaired) electrons. The average molecular weight is 375 g/mol. The first-order valence-electron chi connectivity index (χ1n) is 7.15. The van der Waals surface area contributed by atoms with Gasteiger partial charge in [-0.2, -0.15) is 0 Å². The fourth-order valence-corrected chi connectivity index (χ4v) is 3.12.